The summed E-state index contributed by atoms with van der Waals surface area (Å²) in [6.07, 6.45) is 0. The molecule has 0 spiro atoms. The minimum absolute atomic E-state index is 0.113. The van der Waals surface area contributed by atoms with Crippen LogP contribution in [0.3, 0.4) is 0 Å². The number of hydrogen-bond donors (Lipinski definition) is 2. The van der Waals surface area contributed by atoms with Crippen LogP contribution >= 0.6 is 11.3 Å². The normalized spacial score (nSPS) is 25.4. The second kappa shape index (κ2) is 5.80. The van der Waals surface area contributed by atoms with Crippen LogP contribution in [0.2, 0.25) is 0 Å². The SMILES string of the molecule is CN(Cc1cccs1)C(=O)NC1COCC1(C)C(=O)O. The van der Waals surface area contributed by atoms with E-state index in [1.54, 1.807) is 25.3 Å². The number of ether oxygens (including phenoxy) is 1. The topological polar surface area (TPSA) is 78.9 Å². The molecule has 6 nitrogen and oxygen atoms in total. The number of hydrogen-bond acceptors (Lipinski definition) is 4. The van der Waals surface area contributed by atoms with E-state index < -0.39 is 17.4 Å². The summed E-state index contributed by atoms with van der Waals surface area (Å²) in [7, 11) is 1.68. The Balaban J connectivity index is 1.95. The first-order valence-corrected chi connectivity index (χ1v) is 7.16. The molecule has 0 bridgehead atoms. The van der Waals surface area contributed by atoms with Gasteiger partial charge in [-0.25, -0.2) is 4.79 Å². The zero-order chi connectivity index (χ0) is 14.8. The third kappa shape index (κ3) is 2.94. The zero-order valence-electron chi connectivity index (χ0n) is 11.5. The van der Waals surface area contributed by atoms with E-state index in [0.29, 0.717) is 6.54 Å². The lowest BCUT2D eigenvalue weighted by Gasteiger charge is -2.27. The van der Waals surface area contributed by atoms with Crippen LogP contribution in [0.1, 0.15) is 11.8 Å². The Bertz CT molecular complexity index is 491. The van der Waals surface area contributed by atoms with Gasteiger partial charge in [-0.05, 0) is 18.4 Å². The molecule has 0 radical (unpaired) electrons. The highest BCUT2D eigenvalue weighted by Crippen LogP contribution is 2.28. The van der Waals surface area contributed by atoms with Gasteiger partial charge in [-0.15, -0.1) is 11.3 Å². The minimum atomic E-state index is -1.07. The number of carboxylic acid groups (broad SMARTS) is 1. The van der Waals surface area contributed by atoms with Gasteiger partial charge in [0.15, 0.2) is 0 Å². The van der Waals surface area contributed by atoms with Crippen molar-refractivity contribution in [1.29, 1.82) is 0 Å². The van der Waals surface area contributed by atoms with Crippen molar-refractivity contribution >= 4 is 23.3 Å². The molecule has 1 aliphatic heterocycles. The number of carboxylic acids is 1. The standard InChI is InChI=1S/C13H18N2O4S/c1-13(11(16)17)8-19-7-10(13)14-12(18)15(2)6-9-4-3-5-20-9/h3-5,10H,6-8H2,1-2H3,(H,14,18)(H,16,17). The van der Waals surface area contributed by atoms with Crippen LogP contribution in [0.25, 0.3) is 0 Å². The van der Waals surface area contributed by atoms with Crippen LogP contribution in [0.4, 0.5) is 4.79 Å². The largest absolute Gasteiger partial charge is 0.481 e. The van der Waals surface area contributed by atoms with Crippen LogP contribution in [0, 0.1) is 5.41 Å². The Morgan fingerprint density at radius 3 is 3.00 bits per heavy atom. The van der Waals surface area contributed by atoms with E-state index in [4.69, 9.17) is 4.74 Å². The van der Waals surface area contributed by atoms with Crippen molar-refractivity contribution in [1.82, 2.24) is 10.2 Å². The monoisotopic (exact) mass is 298 g/mol. The molecule has 2 amide bonds. The van der Waals surface area contributed by atoms with Crippen molar-refractivity contribution < 1.29 is 19.4 Å². The van der Waals surface area contributed by atoms with Gasteiger partial charge in [0, 0.05) is 11.9 Å². The summed E-state index contributed by atoms with van der Waals surface area (Å²) >= 11 is 1.58. The molecular formula is C13H18N2O4S. The Kier molecular flexibility index (Phi) is 4.29. The molecule has 0 aliphatic carbocycles. The van der Waals surface area contributed by atoms with Gasteiger partial charge in [0.2, 0.25) is 0 Å². The number of nitrogens with zero attached hydrogens (tertiary/aromatic N) is 1. The van der Waals surface area contributed by atoms with Gasteiger partial charge in [0.25, 0.3) is 0 Å². The van der Waals surface area contributed by atoms with Crippen molar-refractivity contribution in [2.24, 2.45) is 5.41 Å². The predicted molar refractivity (Wildman–Crippen MR) is 74.7 cm³/mol. The number of carbonyl (C=O) groups excluding carboxylic acids is 1. The molecule has 0 aromatic carbocycles. The first kappa shape index (κ1) is 14.8. The Labute approximate surface area is 121 Å². The first-order chi connectivity index (χ1) is 9.43. The molecule has 110 valence electrons. The molecule has 1 aliphatic rings. The van der Waals surface area contributed by atoms with E-state index in [2.05, 4.69) is 5.32 Å². The summed E-state index contributed by atoms with van der Waals surface area (Å²) in [5, 5.41) is 14.0. The van der Waals surface area contributed by atoms with Crippen LogP contribution in [-0.2, 0) is 16.1 Å². The summed E-state index contributed by atoms with van der Waals surface area (Å²) in [4.78, 5) is 26.0. The van der Waals surface area contributed by atoms with Crippen LogP contribution in [0.5, 0.6) is 0 Å². The number of rotatable bonds is 4. The Morgan fingerprint density at radius 1 is 1.65 bits per heavy atom. The highest BCUT2D eigenvalue weighted by atomic mass is 32.1. The average Bonchev–Trinajstić information content (AvgIpc) is 3.01. The molecule has 1 fully saturated rings. The Morgan fingerprint density at radius 2 is 2.40 bits per heavy atom. The molecule has 0 saturated carbocycles. The average molecular weight is 298 g/mol. The van der Waals surface area contributed by atoms with Crippen LogP contribution in [0.15, 0.2) is 17.5 Å². The first-order valence-electron chi connectivity index (χ1n) is 6.28. The highest BCUT2D eigenvalue weighted by Gasteiger charge is 2.47. The van der Waals surface area contributed by atoms with Gasteiger partial charge in [-0.1, -0.05) is 6.07 Å². The number of amides is 2. The second-order valence-electron chi connectivity index (χ2n) is 5.18. The van der Waals surface area contributed by atoms with Crippen molar-refractivity contribution in [3.63, 3.8) is 0 Å². The zero-order valence-corrected chi connectivity index (χ0v) is 12.3. The predicted octanol–water partition coefficient (Wildman–Crippen LogP) is 1.38. The molecule has 2 N–H and O–H groups in total. The summed E-state index contributed by atoms with van der Waals surface area (Å²) in [5.41, 5.74) is -1.07. The fourth-order valence-electron chi connectivity index (χ4n) is 2.05. The molecule has 1 aromatic heterocycles. The lowest BCUT2D eigenvalue weighted by molar-refractivity contribution is -0.148. The molecule has 1 aromatic rings. The smallest absolute Gasteiger partial charge is 0.317 e. The van der Waals surface area contributed by atoms with Gasteiger partial charge in [0.1, 0.15) is 5.41 Å². The van der Waals surface area contributed by atoms with E-state index in [9.17, 15) is 14.7 Å². The van der Waals surface area contributed by atoms with Crippen molar-refractivity contribution in [3.05, 3.63) is 22.4 Å². The third-order valence-corrected chi connectivity index (χ3v) is 4.42. The number of thiophene rings is 1. The summed E-state index contributed by atoms with van der Waals surface area (Å²) < 4.78 is 5.21. The van der Waals surface area contributed by atoms with Gasteiger partial charge < -0.3 is 20.1 Å². The van der Waals surface area contributed by atoms with Gasteiger partial charge in [-0.2, -0.15) is 0 Å². The summed E-state index contributed by atoms with van der Waals surface area (Å²) in [6.45, 7) is 2.43. The lowest BCUT2D eigenvalue weighted by atomic mass is 9.85. The van der Waals surface area contributed by atoms with Gasteiger partial charge >= 0.3 is 12.0 Å². The molecule has 1 saturated heterocycles. The molecule has 20 heavy (non-hydrogen) atoms. The highest BCUT2D eigenvalue weighted by molar-refractivity contribution is 7.09. The summed E-state index contributed by atoms with van der Waals surface area (Å²) in [5.74, 6) is -0.957. The molecular weight excluding hydrogens is 280 g/mol. The minimum Gasteiger partial charge on any atom is -0.481 e. The number of aliphatic carboxylic acids is 1. The molecule has 2 atom stereocenters. The third-order valence-electron chi connectivity index (χ3n) is 3.56. The van der Waals surface area contributed by atoms with Crippen molar-refractivity contribution in [2.45, 2.75) is 19.5 Å². The van der Waals surface area contributed by atoms with Gasteiger partial charge in [0.05, 0.1) is 25.8 Å². The molecule has 7 heteroatoms. The lowest BCUT2D eigenvalue weighted by Crippen LogP contribution is -2.52. The Hall–Kier alpha value is -1.60. The van der Waals surface area contributed by atoms with Crippen molar-refractivity contribution in [3.8, 4) is 0 Å². The van der Waals surface area contributed by atoms with E-state index in [1.807, 2.05) is 17.5 Å². The van der Waals surface area contributed by atoms with E-state index in [0.717, 1.165) is 4.88 Å². The second-order valence-corrected chi connectivity index (χ2v) is 6.21. The van der Waals surface area contributed by atoms with E-state index >= 15 is 0 Å². The maximum atomic E-state index is 12.1. The molecule has 2 rings (SSSR count). The number of nitrogens with one attached hydrogen (secondary N) is 1. The van der Waals surface area contributed by atoms with Crippen LogP contribution in [-0.4, -0.2) is 48.3 Å². The maximum absolute atomic E-state index is 12.1. The summed E-state index contributed by atoms with van der Waals surface area (Å²) in [6, 6.07) is 3.08. The fourth-order valence-corrected chi connectivity index (χ4v) is 2.81. The van der Waals surface area contributed by atoms with Gasteiger partial charge in [-0.3, -0.25) is 4.79 Å². The molecule has 2 unspecified atom stereocenters. The van der Waals surface area contributed by atoms with E-state index in [1.165, 1.54) is 4.90 Å². The quantitative estimate of drug-likeness (QED) is 0.880. The van der Waals surface area contributed by atoms with E-state index in [-0.39, 0.29) is 19.2 Å². The maximum Gasteiger partial charge on any atom is 0.317 e. The molecule has 2 heterocycles. The fraction of sp³-hybridized carbons (Fsp3) is 0.538. The number of carbonyl (C=O) groups is 2. The number of urea groups is 1. The van der Waals surface area contributed by atoms with Crippen molar-refractivity contribution in [2.75, 3.05) is 20.3 Å². The van der Waals surface area contributed by atoms with Crippen LogP contribution < -0.4 is 5.32 Å².